The molecule has 0 heterocycles. The molecule has 2 heteroatoms. The first kappa shape index (κ1) is 20.4. The predicted molar refractivity (Wildman–Crippen MR) is 112 cm³/mol. The molecule has 1 nitrogen and oxygen atoms in total. The van der Waals surface area contributed by atoms with E-state index in [2.05, 4.69) is 31.2 Å². The van der Waals surface area contributed by atoms with Gasteiger partial charge < -0.3 is 4.74 Å². The van der Waals surface area contributed by atoms with Crippen LogP contribution in [0, 0.1) is 17.8 Å². The number of benzene rings is 1. The molecule has 0 aromatic heterocycles. The van der Waals surface area contributed by atoms with Gasteiger partial charge in [-0.05, 0) is 99.2 Å². The summed E-state index contributed by atoms with van der Waals surface area (Å²) in [4.78, 5) is 0. The van der Waals surface area contributed by atoms with Crippen LogP contribution in [-0.2, 0) is 0 Å². The lowest BCUT2D eigenvalue weighted by Gasteiger charge is -2.31. The van der Waals surface area contributed by atoms with Crippen molar-refractivity contribution in [2.45, 2.75) is 83.5 Å². The molecule has 0 radical (unpaired) electrons. The van der Waals surface area contributed by atoms with Gasteiger partial charge in [0.2, 0.25) is 0 Å². The molecule has 2 fully saturated rings. The Balaban J connectivity index is 1.35. The van der Waals surface area contributed by atoms with Gasteiger partial charge in [-0.2, -0.15) is 0 Å². The van der Waals surface area contributed by atoms with Crippen LogP contribution < -0.4 is 4.74 Å². The Bertz CT molecular complexity index is 548. The third-order valence-corrected chi connectivity index (χ3v) is 6.89. The molecule has 0 unspecified atom stereocenters. The lowest BCUT2D eigenvalue weighted by Crippen LogP contribution is -2.17. The van der Waals surface area contributed by atoms with Crippen molar-refractivity contribution in [1.29, 1.82) is 0 Å². The van der Waals surface area contributed by atoms with Gasteiger partial charge in [0.05, 0.1) is 12.9 Å². The summed E-state index contributed by atoms with van der Waals surface area (Å²) in [6, 6.07) is 8.84. The van der Waals surface area contributed by atoms with E-state index < -0.39 is 0 Å². The molecule has 0 N–H and O–H groups in total. The minimum atomic E-state index is 0.500. The van der Waals surface area contributed by atoms with Crippen molar-refractivity contribution < 1.29 is 9.13 Å². The number of allylic oxidation sites excluding steroid dienone is 1. The fourth-order valence-electron chi connectivity index (χ4n) is 5.08. The quantitative estimate of drug-likeness (QED) is 0.452. The molecule has 0 aliphatic heterocycles. The molecule has 27 heavy (non-hydrogen) atoms. The summed E-state index contributed by atoms with van der Waals surface area (Å²) < 4.78 is 18.0. The molecule has 3 rings (SSSR count). The Hall–Kier alpha value is -1.31. The van der Waals surface area contributed by atoms with Gasteiger partial charge in [-0.3, -0.25) is 0 Å². The minimum Gasteiger partial charge on any atom is -0.494 e. The van der Waals surface area contributed by atoms with Gasteiger partial charge in [0.25, 0.3) is 0 Å². The van der Waals surface area contributed by atoms with Gasteiger partial charge in [-0.15, -0.1) is 0 Å². The monoisotopic (exact) mass is 372 g/mol. The van der Waals surface area contributed by atoms with Crippen LogP contribution in [0.15, 0.2) is 36.7 Å². The first-order chi connectivity index (χ1) is 13.3. The van der Waals surface area contributed by atoms with E-state index in [0.29, 0.717) is 5.92 Å². The van der Waals surface area contributed by atoms with Crippen LogP contribution in [0.5, 0.6) is 5.75 Å². The van der Waals surface area contributed by atoms with Gasteiger partial charge in [0, 0.05) is 0 Å². The molecular weight excluding hydrogens is 335 g/mol. The van der Waals surface area contributed by atoms with E-state index in [1.54, 1.807) is 6.08 Å². The second kappa shape index (κ2) is 10.9. The minimum absolute atomic E-state index is 0.500. The van der Waals surface area contributed by atoms with Crippen molar-refractivity contribution in [2.75, 3.05) is 6.61 Å². The van der Waals surface area contributed by atoms with Crippen LogP contribution in [0.2, 0.25) is 0 Å². The average Bonchev–Trinajstić information content (AvgIpc) is 2.73. The molecule has 0 spiro atoms. The van der Waals surface area contributed by atoms with Crippen LogP contribution in [0.25, 0.3) is 0 Å². The highest BCUT2D eigenvalue weighted by Crippen LogP contribution is 2.40. The summed E-state index contributed by atoms with van der Waals surface area (Å²) >= 11 is 0. The van der Waals surface area contributed by atoms with Crippen molar-refractivity contribution in [2.24, 2.45) is 17.8 Å². The Kier molecular flexibility index (Phi) is 8.23. The molecule has 1 aromatic carbocycles. The van der Waals surface area contributed by atoms with Crippen molar-refractivity contribution >= 4 is 0 Å². The standard InChI is InChI=1S/C25H37FO/c1-2-19-27-25-15-13-24(14-16-25)23-11-9-21(10-12-23)4-3-20-5-7-22(8-6-20)17-18-26/h13-18,20-23H,2-12,19H2,1H3/b18-17+. The van der Waals surface area contributed by atoms with E-state index in [1.165, 1.54) is 69.8 Å². The Morgan fingerprint density at radius 2 is 1.48 bits per heavy atom. The predicted octanol–water partition coefficient (Wildman–Crippen LogP) is 7.82. The Morgan fingerprint density at radius 3 is 2.04 bits per heavy atom. The molecule has 2 saturated carbocycles. The first-order valence-electron chi connectivity index (χ1n) is 11.3. The second-order valence-electron chi connectivity index (χ2n) is 8.81. The molecule has 2 aliphatic carbocycles. The van der Waals surface area contributed by atoms with Gasteiger partial charge in [0.1, 0.15) is 5.75 Å². The fraction of sp³-hybridized carbons (Fsp3) is 0.680. The van der Waals surface area contributed by atoms with Gasteiger partial charge in [-0.1, -0.05) is 38.0 Å². The zero-order valence-electron chi connectivity index (χ0n) is 17.0. The average molecular weight is 373 g/mol. The number of hydrogen-bond acceptors (Lipinski definition) is 1. The topological polar surface area (TPSA) is 9.23 Å². The molecule has 150 valence electrons. The molecule has 0 amide bonds. The highest BCUT2D eigenvalue weighted by Gasteiger charge is 2.25. The van der Waals surface area contributed by atoms with E-state index in [4.69, 9.17) is 4.74 Å². The summed E-state index contributed by atoms with van der Waals surface area (Å²) in [5.74, 6) is 4.07. The maximum atomic E-state index is 12.3. The van der Waals surface area contributed by atoms with E-state index in [0.717, 1.165) is 42.9 Å². The highest BCUT2D eigenvalue weighted by atomic mass is 19.1. The summed E-state index contributed by atoms with van der Waals surface area (Å²) in [7, 11) is 0. The molecule has 0 bridgehead atoms. The Labute approximate surface area is 165 Å². The van der Waals surface area contributed by atoms with Gasteiger partial charge in [-0.25, -0.2) is 4.39 Å². The van der Waals surface area contributed by atoms with E-state index in [1.807, 2.05) is 0 Å². The van der Waals surface area contributed by atoms with Crippen LogP contribution in [0.3, 0.4) is 0 Å². The van der Waals surface area contributed by atoms with Crippen molar-refractivity contribution in [3.8, 4) is 5.75 Å². The van der Waals surface area contributed by atoms with Crippen LogP contribution in [0.4, 0.5) is 4.39 Å². The third-order valence-electron chi connectivity index (χ3n) is 6.89. The Morgan fingerprint density at radius 1 is 0.889 bits per heavy atom. The smallest absolute Gasteiger partial charge is 0.119 e. The lowest BCUT2D eigenvalue weighted by atomic mass is 9.74. The van der Waals surface area contributed by atoms with Crippen molar-refractivity contribution in [3.05, 3.63) is 42.2 Å². The molecular formula is C25H37FO. The van der Waals surface area contributed by atoms with E-state index in [-0.39, 0.29) is 0 Å². The van der Waals surface area contributed by atoms with E-state index >= 15 is 0 Å². The van der Waals surface area contributed by atoms with Crippen molar-refractivity contribution in [1.82, 2.24) is 0 Å². The largest absolute Gasteiger partial charge is 0.494 e. The van der Waals surface area contributed by atoms with Crippen LogP contribution in [0.1, 0.15) is 89.0 Å². The number of halogens is 1. The number of ether oxygens (including phenoxy) is 1. The molecule has 0 atom stereocenters. The van der Waals surface area contributed by atoms with E-state index in [9.17, 15) is 4.39 Å². The maximum absolute atomic E-state index is 12.3. The zero-order chi connectivity index (χ0) is 18.9. The second-order valence-corrected chi connectivity index (χ2v) is 8.81. The summed E-state index contributed by atoms with van der Waals surface area (Å²) in [5.41, 5.74) is 1.50. The zero-order valence-corrected chi connectivity index (χ0v) is 17.0. The molecule has 1 aromatic rings. The van der Waals surface area contributed by atoms with Crippen molar-refractivity contribution in [3.63, 3.8) is 0 Å². The number of rotatable bonds is 8. The summed E-state index contributed by atoms with van der Waals surface area (Å²) in [6.45, 7) is 2.94. The highest BCUT2D eigenvalue weighted by molar-refractivity contribution is 5.29. The van der Waals surface area contributed by atoms with Crippen LogP contribution >= 0.6 is 0 Å². The van der Waals surface area contributed by atoms with Crippen LogP contribution in [-0.4, -0.2) is 6.61 Å². The maximum Gasteiger partial charge on any atom is 0.119 e. The lowest BCUT2D eigenvalue weighted by molar-refractivity contribution is 0.245. The summed E-state index contributed by atoms with van der Waals surface area (Å²) in [5, 5.41) is 0. The first-order valence-corrected chi connectivity index (χ1v) is 11.3. The normalized spacial score (nSPS) is 29.1. The summed E-state index contributed by atoms with van der Waals surface area (Å²) in [6.07, 6.45) is 16.8. The molecule has 0 saturated heterocycles. The number of hydrogen-bond donors (Lipinski definition) is 0. The fourth-order valence-corrected chi connectivity index (χ4v) is 5.08. The third kappa shape index (κ3) is 6.36. The van der Waals surface area contributed by atoms with Gasteiger partial charge >= 0.3 is 0 Å². The van der Waals surface area contributed by atoms with Gasteiger partial charge in [0.15, 0.2) is 0 Å². The SMILES string of the molecule is CCCOc1ccc(C2CCC(CCC3CCC(/C=C/F)CC3)CC2)cc1. The molecule has 2 aliphatic rings.